The summed E-state index contributed by atoms with van der Waals surface area (Å²) in [6.07, 6.45) is 0. The van der Waals surface area contributed by atoms with Crippen LogP contribution in [0.3, 0.4) is 0 Å². The fourth-order valence-corrected chi connectivity index (χ4v) is 9.20. The van der Waals surface area contributed by atoms with E-state index in [4.69, 9.17) is 19.4 Å². The van der Waals surface area contributed by atoms with Crippen LogP contribution in [0.4, 0.5) is 17.1 Å². The lowest BCUT2D eigenvalue weighted by Gasteiger charge is -2.46. The molecule has 0 radical (unpaired) electrons. The monoisotopic (exact) mass is 758 g/mol. The van der Waals surface area contributed by atoms with Crippen molar-refractivity contribution < 1.29 is 4.42 Å². The Bertz CT molecular complexity index is 3090. The highest BCUT2D eigenvalue weighted by Gasteiger charge is 2.48. The van der Waals surface area contributed by atoms with Crippen molar-refractivity contribution in [2.75, 3.05) is 4.90 Å². The van der Waals surface area contributed by atoms with E-state index < -0.39 is 5.41 Å². The Hall–Kier alpha value is -7.63. The number of para-hydroxylation sites is 4. The zero-order valence-electron chi connectivity index (χ0n) is 32.7. The quantitative estimate of drug-likeness (QED) is 0.169. The zero-order chi connectivity index (χ0) is 39.5. The van der Waals surface area contributed by atoms with E-state index in [1.54, 1.807) is 0 Å². The van der Waals surface area contributed by atoms with Crippen molar-refractivity contribution in [3.8, 4) is 34.2 Å². The van der Waals surface area contributed by atoms with Crippen LogP contribution in [0.5, 0.6) is 0 Å². The van der Waals surface area contributed by atoms with Gasteiger partial charge in [0.2, 0.25) is 0 Å². The SMILES string of the molecule is Cc1cc(N2c3ccccc3C(c3ccccc3)(c3cccc4c3oc3ccccc34)c3ccccc32)c(C)cc1-c1nc(-c2ccccc2)nc(-c2ccccc2)n1. The number of fused-ring (bicyclic) bond motifs is 5. The Morgan fingerprint density at radius 1 is 0.424 bits per heavy atom. The number of aryl methyl sites for hydroxylation is 2. The first-order valence-corrected chi connectivity index (χ1v) is 20.0. The van der Waals surface area contributed by atoms with Gasteiger partial charge in [0.15, 0.2) is 17.5 Å². The van der Waals surface area contributed by atoms with Crippen molar-refractivity contribution in [2.24, 2.45) is 0 Å². The van der Waals surface area contributed by atoms with Crippen molar-refractivity contribution in [1.82, 2.24) is 15.0 Å². The Morgan fingerprint density at radius 3 is 1.58 bits per heavy atom. The summed E-state index contributed by atoms with van der Waals surface area (Å²) in [4.78, 5) is 17.6. The fourth-order valence-electron chi connectivity index (χ4n) is 9.20. The summed E-state index contributed by atoms with van der Waals surface area (Å²) < 4.78 is 6.86. The molecule has 3 heterocycles. The molecule has 0 N–H and O–H groups in total. The number of rotatable bonds is 6. The molecule has 5 heteroatoms. The first kappa shape index (κ1) is 34.6. The van der Waals surface area contributed by atoms with Gasteiger partial charge in [-0.15, -0.1) is 0 Å². The van der Waals surface area contributed by atoms with Gasteiger partial charge in [-0.3, -0.25) is 0 Å². The predicted octanol–water partition coefficient (Wildman–Crippen LogP) is 13.6. The van der Waals surface area contributed by atoms with Gasteiger partial charge in [-0.05, 0) is 72.0 Å². The molecule has 5 nitrogen and oxygen atoms in total. The van der Waals surface area contributed by atoms with Crippen molar-refractivity contribution in [3.05, 3.63) is 228 Å². The largest absolute Gasteiger partial charge is 0.456 e. The number of nitrogens with zero attached hydrogens (tertiary/aromatic N) is 4. The van der Waals surface area contributed by atoms with E-state index in [0.717, 1.165) is 72.4 Å². The van der Waals surface area contributed by atoms with Gasteiger partial charge in [-0.2, -0.15) is 0 Å². The van der Waals surface area contributed by atoms with Crippen LogP contribution in [-0.2, 0) is 5.41 Å². The molecule has 1 aliphatic heterocycles. The molecule has 0 saturated carbocycles. The van der Waals surface area contributed by atoms with Crippen LogP contribution in [0.15, 0.2) is 199 Å². The van der Waals surface area contributed by atoms with Crippen molar-refractivity contribution in [1.29, 1.82) is 0 Å². The number of benzene rings is 8. The Labute approximate surface area is 342 Å². The molecule has 280 valence electrons. The average molecular weight is 759 g/mol. The van der Waals surface area contributed by atoms with E-state index in [-0.39, 0.29) is 0 Å². The number of furan rings is 1. The second-order valence-electron chi connectivity index (χ2n) is 15.3. The lowest BCUT2D eigenvalue weighted by molar-refractivity contribution is 0.643. The molecule has 0 amide bonds. The zero-order valence-corrected chi connectivity index (χ0v) is 32.7. The van der Waals surface area contributed by atoms with Gasteiger partial charge >= 0.3 is 0 Å². The van der Waals surface area contributed by atoms with Crippen LogP contribution in [0.25, 0.3) is 56.1 Å². The fraction of sp³-hybridized carbons (Fsp3) is 0.0556. The third kappa shape index (κ3) is 5.43. The van der Waals surface area contributed by atoms with E-state index in [1.807, 2.05) is 66.7 Å². The van der Waals surface area contributed by atoms with Gasteiger partial charge in [0.1, 0.15) is 11.2 Å². The summed E-state index contributed by atoms with van der Waals surface area (Å²) in [6.45, 7) is 4.35. The molecule has 59 heavy (non-hydrogen) atoms. The first-order chi connectivity index (χ1) is 29.1. The van der Waals surface area contributed by atoms with E-state index in [1.165, 1.54) is 16.7 Å². The van der Waals surface area contributed by atoms with Gasteiger partial charge in [0, 0.05) is 38.7 Å². The highest BCUT2D eigenvalue weighted by Crippen LogP contribution is 2.59. The lowest BCUT2D eigenvalue weighted by atomic mass is 9.62. The molecule has 8 aromatic carbocycles. The minimum absolute atomic E-state index is 0.645. The minimum atomic E-state index is -0.701. The maximum absolute atomic E-state index is 6.86. The molecular weight excluding hydrogens is 721 g/mol. The Kier molecular flexibility index (Phi) is 8.09. The summed E-state index contributed by atoms with van der Waals surface area (Å²) in [5, 5.41) is 2.22. The molecular formula is C54H38N4O. The molecule has 0 spiro atoms. The van der Waals surface area contributed by atoms with Crippen molar-refractivity contribution >= 4 is 39.0 Å². The molecule has 0 fully saturated rings. The third-order valence-corrected chi connectivity index (χ3v) is 11.8. The average Bonchev–Trinajstić information content (AvgIpc) is 3.69. The second-order valence-corrected chi connectivity index (χ2v) is 15.3. The molecule has 0 bridgehead atoms. The maximum atomic E-state index is 6.86. The molecule has 0 saturated heterocycles. The molecule has 0 unspecified atom stereocenters. The number of aromatic nitrogens is 3. The summed E-state index contributed by atoms with van der Waals surface area (Å²) in [7, 11) is 0. The van der Waals surface area contributed by atoms with Crippen molar-refractivity contribution in [2.45, 2.75) is 19.3 Å². The van der Waals surface area contributed by atoms with Gasteiger partial charge < -0.3 is 9.32 Å². The highest BCUT2D eigenvalue weighted by molar-refractivity contribution is 6.07. The van der Waals surface area contributed by atoms with Crippen LogP contribution < -0.4 is 4.90 Å². The number of anilines is 3. The Morgan fingerprint density at radius 2 is 0.932 bits per heavy atom. The summed E-state index contributed by atoms with van der Waals surface area (Å²) in [6, 6.07) is 68.4. The predicted molar refractivity (Wildman–Crippen MR) is 239 cm³/mol. The van der Waals surface area contributed by atoms with Gasteiger partial charge in [0.25, 0.3) is 0 Å². The highest BCUT2D eigenvalue weighted by atomic mass is 16.3. The van der Waals surface area contributed by atoms with Crippen LogP contribution in [0.2, 0.25) is 0 Å². The molecule has 0 aliphatic carbocycles. The first-order valence-electron chi connectivity index (χ1n) is 20.0. The van der Waals surface area contributed by atoms with Gasteiger partial charge in [-0.25, -0.2) is 15.0 Å². The standard InChI is InChI=1S/C54H38N4O/c1-35-34-48(36(2)33-42(35)53-56-51(37-19-6-3-7-20-37)55-52(57-53)38-21-8-4-9-22-38)58-46-30-15-13-27-43(46)54(39-23-10-5-11-24-39,44-28-14-16-31-47(44)58)45-29-18-26-41-40-25-12-17-32-49(40)59-50(41)45/h3-34H,1-2H3. The smallest absolute Gasteiger partial charge is 0.164 e. The summed E-state index contributed by atoms with van der Waals surface area (Å²) in [5.74, 6) is 1.93. The molecule has 10 aromatic rings. The van der Waals surface area contributed by atoms with Crippen LogP contribution in [-0.4, -0.2) is 15.0 Å². The molecule has 0 atom stereocenters. The molecule has 2 aromatic heterocycles. The van der Waals surface area contributed by atoms with Crippen molar-refractivity contribution in [3.63, 3.8) is 0 Å². The number of hydrogen-bond donors (Lipinski definition) is 0. The van der Waals surface area contributed by atoms with Crippen LogP contribution >= 0.6 is 0 Å². The minimum Gasteiger partial charge on any atom is -0.456 e. The van der Waals surface area contributed by atoms with Crippen LogP contribution in [0.1, 0.15) is 33.4 Å². The molecule has 11 rings (SSSR count). The van der Waals surface area contributed by atoms with Crippen LogP contribution in [0, 0.1) is 13.8 Å². The molecule has 1 aliphatic rings. The van der Waals surface area contributed by atoms with E-state index >= 15 is 0 Å². The maximum Gasteiger partial charge on any atom is 0.164 e. The van der Waals surface area contributed by atoms with E-state index in [0.29, 0.717) is 17.5 Å². The normalized spacial score (nSPS) is 13.0. The van der Waals surface area contributed by atoms with Gasteiger partial charge in [-0.1, -0.05) is 164 Å². The summed E-state index contributed by atoms with van der Waals surface area (Å²) in [5.41, 5.74) is 14.1. The topological polar surface area (TPSA) is 55.1 Å². The van der Waals surface area contributed by atoms with E-state index in [2.05, 4.69) is 146 Å². The van der Waals surface area contributed by atoms with E-state index in [9.17, 15) is 0 Å². The second kappa shape index (κ2) is 13.8. The third-order valence-electron chi connectivity index (χ3n) is 11.8. The summed E-state index contributed by atoms with van der Waals surface area (Å²) >= 11 is 0. The number of hydrogen-bond acceptors (Lipinski definition) is 5. The lowest BCUT2D eigenvalue weighted by Crippen LogP contribution is -2.38. The van der Waals surface area contributed by atoms with Gasteiger partial charge in [0.05, 0.1) is 16.8 Å². The Balaban J connectivity index is 1.14.